The first-order chi connectivity index (χ1) is 18.4. The molecule has 0 saturated carbocycles. The highest BCUT2D eigenvalue weighted by atomic mass is 16.5. The number of benzene rings is 1. The maximum atomic E-state index is 11.3. The van der Waals surface area contributed by atoms with Gasteiger partial charge in [-0.15, -0.1) is 0 Å². The Hall–Kier alpha value is -4.38. The van der Waals surface area contributed by atoms with Gasteiger partial charge in [0.25, 0.3) is 0 Å². The summed E-state index contributed by atoms with van der Waals surface area (Å²) >= 11 is 0. The van der Waals surface area contributed by atoms with Crippen LogP contribution >= 0.6 is 0 Å². The van der Waals surface area contributed by atoms with Gasteiger partial charge >= 0.3 is 11.8 Å². The van der Waals surface area contributed by atoms with Crippen molar-refractivity contribution >= 4 is 23.2 Å². The number of aryl methyl sites for hydroxylation is 1. The molecule has 4 heterocycles. The number of anilines is 3. The van der Waals surface area contributed by atoms with Crippen LogP contribution in [0.5, 0.6) is 0 Å². The van der Waals surface area contributed by atoms with Gasteiger partial charge in [0, 0.05) is 43.2 Å². The Labute approximate surface area is 220 Å². The van der Waals surface area contributed by atoms with E-state index in [1.54, 1.807) is 0 Å². The highest BCUT2D eigenvalue weighted by Crippen LogP contribution is 2.29. The van der Waals surface area contributed by atoms with E-state index in [0.29, 0.717) is 17.7 Å². The monoisotopic (exact) mass is 513 g/mol. The van der Waals surface area contributed by atoms with Gasteiger partial charge in [-0.1, -0.05) is 31.1 Å². The summed E-state index contributed by atoms with van der Waals surface area (Å²) in [6, 6.07) is 12.5. The van der Waals surface area contributed by atoms with E-state index in [-0.39, 0.29) is 11.8 Å². The van der Waals surface area contributed by atoms with Crippen LogP contribution in [0.1, 0.15) is 53.8 Å². The Bertz CT molecular complexity index is 1420. The minimum Gasteiger partial charge on any atom is -0.365 e. The number of primary amides is 1. The molecular weight excluding hydrogens is 482 g/mol. The largest absolute Gasteiger partial charge is 0.365 e. The number of carbonyl (C=O) groups excluding carboxylic acids is 1. The molecule has 1 amide bonds. The van der Waals surface area contributed by atoms with Gasteiger partial charge in [-0.25, -0.2) is 15.0 Å². The molecule has 4 aromatic rings. The van der Waals surface area contributed by atoms with Crippen LogP contribution in [0.25, 0.3) is 11.3 Å². The molecule has 11 heteroatoms. The zero-order valence-corrected chi connectivity index (χ0v) is 21.7. The first-order valence-corrected chi connectivity index (χ1v) is 12.7. The van der Waals surface area contributed by atoms with Crippen LogP contribution in [0.4, 0.5) is 17.3 Å². The summed E-state index contributed by atoms with van der Waals surface area (Å²) in [5.41, 5.74) is 10.1. The van der Waals surface area contributed by atoms with Gasteiger partial charge in [-0.2, -0.15) is 4.98 Å². The Morgan fingerprint density at radius 1 is 1.21 bits per heavy atom. The molecule has 1 saturated heterocycles. The van der Waals surface area contributed by atoms with E-state index in [0.717, 1.165) is 59.9 Å². The van der Waals surface area contributed by atoms with Crippen LogP contribution in [-0.2, 0) is 0 Å². The summed E-state index contributed by atoms with van der Waals surface area (Å²) in [7, 11) is 0. The zero-order valence-electron chi connectivity index (χ0n) is 21.7. The van der Waals surface area contributed by atoms with Gasteiger partial charge in [-0.05, 0) is 42.7 Å². The number of pyridine rings is 1. The molecule has 1 aliphatic rings. The molecular formula is C27H31N9O2. The fraction of sp³-hybridized carbons (Fsp3) is 0.333. The highest BCUT2D eigenvalue weighted by Gasteiger charge is 2.22. The third-order valence-corrected chi connectivity index (χ3v) is 6.90. The number of amides is 1. The summed E-state index contributed by atoms with van der Waals surface area (Å²) in [6.45, 7) is 9.12. The van der Waals surface area contributed by atoms with Gasteiger partial charge < -0.3 is 25.8 Å². The van der Waals surface area contributed by atoms with E-state index < -0.39 is 5.91 Å². The Balaban J connectivity index is 1.30. The van der Waals surface area contributed by atoms with Crippen molar-refractivity contribution in [3.8, 4) is 11.3 Å². The van der Waals surface area contributed by atoms with Crippen molar-refractivity contribution in [1.82, 2.24) is 30.4 Å². The SMILES string of the molecule is CC[C@H]1CNCCN1c1ccc(Nc2cc(-c3ccc([C@@H](C)c4noc(C(N)=O)n4)c(C)c3)ncn2)nc1. The summed E-state index contributed by atoms with van der Waals surface area (Å²) < 4.78 is 4.94. The molecule has 0 bridgehead atoms. The number of nitrogens with zero attached hydrogens (tertiary/aromatic N) is 6. The van der Waals surface area contributed by atoms with Crippen LogP contribution < -0.4 is 21.3 Å². The molecule has 0 unspecified atom stereocenters. The lowest BCUT2D eigenvalue weighted by molar-refractivity contribution is 0.0958. The minimum atomic E-state index is -0.743. The van der Waals surface area contributed by atoms with Crippen molar-refractivity contribution in [3.05, 3.63) is 71.8 Å². The molecule has 2 atom stereocenters. The molecule has 1 aliphatic heterocycles. The van der Waals surface area contributed by atoms with Crippen LogP contribution in [-0.4, -0.2) is 56.7 Å². The minimum absolute atomic E-state index is 0.175. The van der Waals surface area contributed by atoms with Crippen molar-refractivity contribution in [2.24, 2.45) is 5.73 Å². The third-order valence-electron chi connectivity index (χ3n) is 6.90. The molecule has 38 heavy (non-hydrogen) atoms. The first-order valence-electron chi connectivity index (χ1n) is 12.7. The normalized spacial score (nSPS) is 16.3. The summed E-state index contributed by atoms with van der Waals surface area (Å²) in [5, 5.41) is 10.6. The number of aromatic nitrogens is 5. The molecule has 1 fully saturated rings. The summed E-state index contributed by atoms with van der Waals surface area (Å²) in [6.07, 6.45) is 4.54. The van der Waals surface area contributed by atoms with Crippen LogP contribution in [0, 0.1) is 6.92 Å². The van der Waals surface area contributed by atoms with Gasteiger partial charge in [-0.3, -0.25) is 4.79 Å². The van der Waals surface area contributed by atoms with Crippen molar-refractivity contribution in [2.45, 2.75) is 39.2 Å². The Morgan fingerprint density at radius 2 is 2.08 bits per heavy atom. The average molecular weight is 514 g/mol. The number of nitrogens with two attached hydrogens (primary N) is 1. The molecule has 0 spiro atoms. The standard InChI is InChI=1S/C27H31N9O2/c1-4-19-13-29-9-10-36(19)20-6-8-23(30-14-20)33-24-12-22(31-15-32-24)18-5-7-21(16(2)11-18)17(3)26-34-27(25(28)37)38-35-26/h5-8,11-12,14-15,17,19,29H,4,9-10,13H2,1-3H3,(H2,28,37)(H,30,31,32,33)/t17-,19+/m1/s1. The Morgan fingerprint density at radius 3 is 2.79 bits per heavy atom. The van der Waals surface area contributed by atoms with Gasteiger partial charge in [0.15, 0.2) is 5.82 Å². The molecule has 0 aliphatic carbocycles. The number of piperazine rings is 1. The van der Waals surface area contributed by atoms with Gasteiger partial charge in [0.05, 0.1) is 17.6 Å². The number of nitrogens with one attached hydrogen (secondary N) is 2. The van der Waals surface area contributed by atoms with Crippen molar-refractivity contribution in [3.63, 3.8) is 0 Å². The van der Waals surface area contributed by atoms with E-state index >= 15 is 0 Å². The molecule has 196 valence electrons. The lowest BCUT2D eigenvalue weighted by atomic mass is 9.93. The molecule has 3 aromatic heterocycles. The van der Waals surface area contributed by atoms with Crippen LogP contribution in [0.3, 0.4) is 0 Å². The lowest BCUT2D eigenvalue weighted by Gasteiger charge is -2.37. The molecule has 0 radical (unpaired) electrons. The second kappa shape index (κ2) is 10.9. The summed E-state index contributed by atoms with van der Waals surface area (Å²) in [4.78, 5) is 31.3. The van der Waals surface area contributed by atoms with E-state index in [4.69, 9.17) is 10.3 Å². The van der Waals surface area contributed by atoms with E-state index in [1.165, 1.54) is 6.33 Å². The fourth-order valence-electron chi connectivity index (χ4n) is 4.78. The molecule has 1 aromatic carbocycles. The van der Waals surface area contributed by atoms with Crippen LogP contribution in [0.15, 0.2) is 53.4 Å². The van der Waals surface area contributed by atoms with Crippen molar-refractivity contribution in [1.29, 1.82) is 0 Å². The maximum absolute atomic E-state index is 11.3. The second-order valence-corrected chi connectivity index (χ2v) is 9.39. The number of hydrogen-bond donors (Lipinski definition) is 3. The Kier molecular flexibility index (Phi) is 7.27. The summed E-state index contributed by atoms with van der Waals surface area (Å²) in [5.74, 6) is 0.671. The topological polar surface area (TPSA) is 148 Å². The number of hydrogen-bond acceptors (Lipinski definition) is 10. The molecule has 5 rings (SSSR count). The second-order valence-electron chi connectivity index (χ2n) is 9.39. The quantitative estimate of drug-likeness (QED) is 0.320. The molecule has 4 N–H and O–H groups in total. The van der Waals surface area contributed by atoms with Crippen molar-refractivity contribution < 1.29 is 9.32 Å². The van der Waals surface area contributed by atoms with E-state index in [2.05, 4.69) is 59.7 Å². The fourth-order valence-corrected chi connectivity index (χ4v) is 4.78. The predicted octanol–water partition coefficient (Wildman–Crippen LogP) is 3.41. The van der Waals surface area contributed by atoms with Crippen LogP contribution in [0.2, 0.25) is 0 Å². The van der Waals surface area contributed by atoms with E-state index in [1.807, 2.05) is 44.3 Å². The highest BCUT2D eigenvalue weighted by molar-refractivity contribution is 5.87. The average Bonchev–Trinajstić information content (AvgIpc) is 3.44. The number of rotatable bonds is 8. The third kappa shape index (κ3) is 5.32. The van der Waals surface area contributed by atoms with Crippen molar-refractivity contribution in [2.75, 3.05) is 29.9 Å². The van der Waals surface area contributed by atoms with E-state index in [9.17, 15) is 4.79 Å². The lowest BCUT2D eigenvalue weighted by Crippen LogP contribution is -2.51. The first kappa shape index (κ1) is 25.3. The molecule has 11 nitrogen and oxygen atoms in total. The van der Waals surface area contributed by atoms with Gasteiger partial charge in [0.2, 0.25) is 0 Å². The smallest absolute Gasteiger partial charge is 0.315 e. The zero-order chi connectivity index (χ0) is 26.6. The predicted molar refractivity (Wildman–Crippen MR) is 144 cm³/mol. The van der Waals surface area contributed by atoms with Gasteiger partial charge in [0.1, 0.15) is 18.0 Å². The number of carbonyl (C=O) groups is 1. The maximum Gasteiger partial charge on any atom is 0.315 e.